The summed E-state index contributed by atoms with van der Waals surface area (Å²) in [5, 5.41) is 4.77. The van der Waals surface area contributed by atoms with Gasteiger partial charge in [0.2, 0.25) is 5.95 Å². The van der Waals surface area contributed by atoms with Gasteiger partial charge < -0.3 is 10.2 Å². The summed E-state index contributed by atoms with van der Waals surface area (Å²) >= 11 is 7.84. The fourth-order valence-corrected chi connectivity index (χ4v) is 4.92. The second kappa shape index (κ2) is 7.26. The van der Waals surface area contributed by atoms with E-state index in [1.807, 2.05) is 24.3 Å². The van der Waals surface area contributed by atoms with Gasteiger partial charge in [-0.05, 0) is 50.6 Å². The van der Waals surface area contributed by atoms with Gasteiger partial charge in [0.1, 0.15) is 4.83 Å². The molecule has 0 radical (unpaired) electrons. The van der Waals surface area contributed by atoms with Crippen molar-refractivity contribution in [3.05, 3.63) is 50.1 Å². The first-order valence-electron chi connectivity index (χ1n) is 9.26. The molecule has 0 amide bonds. The maximum Gasteiger partial charge on any atom is 0.268 e. The van der Waals surface area contributed by atoms with Crippen molar-refractivity contribution in [3.8, 4) is 5.69 Å². The summed E-state index contributed by atoms with van der Waals surface area (Å²) in [6.07, 6.45) is 1.83. The van der Waals surface area contributed by atoms with Gasteiger partial charge in [-0.1, -0.05) is 24.6 Å². The topological polar surface area (TPSA) is 50.2 Å². The molecule has 142 valence electrons. The number of thiophene rings is 1. The Hall–Kier alpha value is -1.89. The van der Waals surface area contributed by atoms with Crippen LogP contribution in [0.1, 0.15) is 30.7 Å². The molecule has 1 atom stereocenters. The predicted molar refractivity (Wildman–Crippen MR) is 114 cm³/mol. The van der Waals surface area contributed by atoms with Crippen LogP contribution in [0.3, 0.4) is 0 Å². The fourth-order valence-electron chi connectivity index (χ4n) is 3.44. The number of hydrogen-bond donors (Lipinski definition) is 1. The Morgan fingerprint density at radius 3 is 2.96 bits per heavy atom. The molecule has 3 aromatic rings. The van der Waals surface area contributed by atoms with Crippen LogP contribution < -0.4 is 10.9 Å². The van der Waals surface area contributed by atoms with Gasteiger partial charge >= 0.3 is 0 Å². The van der Waals surface area contributed by atoms with Crippen LogP contribution in [0.5, 0.6) is 0 Å². The summed E-state index contributed by atoms with van der Waals surface area (Å²) < 4.78 is 1.67. The van der Waals surface area contributed by atoms with Gasteiger partial charge in [0.25, 0.3) is 5.56 Å². The number of likely N-dealkylation sites (N-methyl/N-ethyl adjacent to an activating group) is 1. The van der Waals surface area contributed by atoms with Crippen LogP contribution in [0.25, 0.3) is 15.9 Å². The van der Waals surface area contributed by atoms with Crippen LogP contribution in [-0.2, 0) is 13.0 Å². The molecule has 1 aliphatic rings. The van der Waals surface area contributed by atoms with Crippen molar-refractivity contribution in [3.63, 3.8) is 0 Å². The molecule has 0 saturated carbocycles. The van der Waals surface area contributed by atoms with Crippen molar-refractivity contribution in [1.29, 1.82) is 0 Å². The first kappa shape index (κ1) is 18.5. The van der Waals surface area contributed by atoms with E-state index in [0.717, 1.165) is 47.4 Å². The predicted octanol–water partition coefficient (Wildman–Crippen LogP) is 4.30. The Balaban J connectivity index is 1.99. The van der Waals surface area contributed by atoms with E-state index >= 15 is 0 Å². The zero-order valence-corrected chi connectivity index (χ0v) is 17.3. The van der Waals surface area contributed by atoms with Gasteiger partial charge in [-0.15, -0.1) is 11.3 Å². The summed E-state index contributed by atoms with van der Waals surface area (Å²) in [4.78, 5) is 22.8. The van der Waals surface area contributed by atoms with Gasteiger partial charge in [-0.3, -0.25) is 4.79 Å². The lowest BCUT2D eigenvalue weighted by molar-refractivity contribution is 0.318. The second-order valence-corrected chi connectivity index (χ2v) is 8.70. The molecular formula is C20H23ClN4OS. The van der Waals surface area contributed by atoms with E-state index in [9.17, 15) is 4.79 Å². The van der Waals surface area contributed by atoms with E-state index in [4.69, 9.17) is 16.6 Å². The molecule has 1 N–H and O–H groups in total. The average molecular weight is 403 g/mol. The minimum Gasteiger partial charge on any atom is -0.353 e. The molecule has 0 unspecified atom stereocenters. The van der Waals surface area contributed by atoms with Crippen LogP contribution in [0.2, 0.25) is 5.02 Å². The van der Waals surface area contributed by atoms with Gasteiger partial charge in [-0.2, -0.15) is 0 Å². The lowest BCUT2D eigenvalue weighted by atomic mass is 10.1. The molecule has 27 heavy (non-hydrogen) atoms. The molecular weight excluding hydrogens is 380 g/mol. The van der Waals surface area contributed by atoms with Crippen molar-refractivity contribution < 1.29 is 0 Å². The summed E-state index contributed by atoms with van der Waals surface area (Å²) in [6.45, 7) is 6.04. The van der Waals surface area contributed by atoms with Crippen LogP contribution in [0, 0.1) is 0 Å². The third-order valence-electron chi connectivity index (χ3n) is 5.12. The zero-order chi connectivity index (χ0) is 19.1. The molecule has 3 heterocycles. The molecule has 7 heteroatoms. The van der Waals surface area contributed by atoms with Crippen molar-refractivity contribution in [2.24, 2.45) is 0 Å². The van der Waals surface area contributed by atoms with Crippen LogP contribution >= 0.6 is 22.9 Å². The Labute approximate surface area is 167 Å². The van der Waals surface area contributed by atoms with Gasteiger partial charge in [0.15, 0.2) is 0 Å². The molecule has 0 saturated heterocycles. The number of aromatic nitrogens is 2. The maximum absolute atomic E-state index is 13.6. The molecule has 1 aromatic carbocycles. The monoisotopic (exact) mass is 402 g/mol. The minimum atomic E-state index is -0.0184. The quantitative estimate of drug-likeness (QED) is 0.706. The summed E-state index contributed by atoms with van der Waals surface area (Å²) in [5.41, 5.74) is 1.88. The van der Waals surface area contributed by atoms with Crippen LogP contribution in [-0.4, -0.2) is 34.1 Å². The van der Waals surface area contributed by atoms with E-state index in [1.165, 1.54) is 4.88 Å². The molecule has 0 fully saturated rings. The number of anilines is 1. The van der Waals surface area contributed by atoms with E-state index in [2.05, 4.69) is 31.1 Å². The highest BCUT2D eigenvalue weighted by molar-refractivity contribution is 7.18. The summed E-state index contributed by atoms with van der Waals surface area (Å²) in [5.74, 6) is 0.580. The highest BCUT2D eigenvalue weighted by Crippen LogP contribution is 2.33. The highest BCUT2D eigenvalue weighted by atomic mass is 35.5. The molecule has 5 nitrogen and oxygen atoms in total. The summed E-state index contributed by atoms with van der Waals surface area (Å²) in [7, 11) is 2.11. The Kier molecular flexibility index (Phi) is 4.97. The van der Waals surface area contributed by atoms with Crippen molar-refractivity contribution in [2.75, 3.05) is 18.9 Å². The molecule has 0 bridgehead atoms. The average Bonchev–Trinajstić information content (AvgIpc) is 2.99. The van der Waals surface area contributed by atoms with E-state index in [0.29, 0.717) is 11.0 Å². The van der Waals surface area contributed by atoms with Crippen molar-refractivity contribution in [1.82, 2.24) is 14.5 Å². The van der Waals surface area contributed by atoms with Crippen LogP contribution in [0.15, 0.2) is 29.1 Å². The van der Waals surface area contributed by atoms with Gasteiger partial charge in [0, 0.05) is 29.0 Å². The van der Waals surface area contributed by atoms with Gasteiger partial charge in [-0.25, -0.2) is 9.55 Å². The third-order valence-corrected chi connectivity index (χ3v) is 6.47. The Morgan fingerprint density at radius 1 is 1.41 bits per heavy atom. The number of nitrogens with zero attached hydrogens (tertiary/aromatic N) is 3. The van der Waals surface area contributed by atoms with E-state index < -0.39 is 0 Å². The highest BCUT2D eigenvalue weighted by Gasteiger charge is 2.24. The standard InChI is InChI=1S/C20H23ClN4OS/c1-4-12(2)22-20-23-18-17(15-8-9-24(3)11-16(15)27-18)19(26)25(20)14-7-5-6-13(21)10-14/h5-7,10,12H,4,8-9,11H2,1-3H3,(H,22,23)/t12-/m0/s1. The lowest BCUT2D eigenvalue weighted by Crippen LogP contribution is -2.28. The molecule has 0 aliphatic carbocycles. The smallest absolute Gasteiger partial charge is 0.268 e. The third kappa shape index (κ3) is 3.37. The molecule has 2 aromatic heterocycles. The normalized spacial score (nSPS) is 15.7. The zero-order valence-electron chi connectivity index (χ0n) is 15.8. The summed E-state index contributed by atoms with van der Waals surface area (Å²) in [6, 6.07) is 7.59. The largest absolute Gasteiger partial charge is 0.353 e. The maximum atomic E-state index is 13.6. The minimum absolute atomic E-state index is 0.0184. The number of hydrogen-bond acceptors (Lipinski definition) is 5. The number of benzene rings is 1. The van der Waals surface area contributed by atoms with Crippen molar-refractivity contribution >= 4 is 39.1 Å². The van der Waals surface area contributed by atoms with E-state index in [1.54, 1.807) is 15.9 Å². The SMILES string of the molecule is CC[C@H](C)Nc1nc2sc3c(c2c(=O)n1-c1cccc(Cl)c1)CCN(C)C3. The molecule has 0 spiro atoms. The molecule has 1 aliphatic heterocycles. The first-order valence-corrected chi connectivity index (χ1v) is 10.5. The Bertz CT molecular complexity index is 1060. The number of halogens is 1. The first-order chi connectivity index (χ1) is 13.0. The van der Waals surface area contributed by atoms with Crippen LogP contribution in [0.4, 0.5) is 5.95 Å². The van der Waals surface area contributed by atoms with Gasteiger partial charge in [0.05, 0.1) is 11.1 Å². The van der Waals surface area contributed by atoms with Crippen molar-refractivity contribution in [2.45, 2.75) is 39.3 Å². The number of nitrogens with one attached hydrogen (secondary N) is 1. The molecule has 4 rings (SSSR count). The van der Waals surface area contributed by atoms with E-state index in [-0.39, 0.29) is 11.6 Å². The number of fused-ring (bicyclic) bond motifs is 3. The Morgan fingerprint density at radius 2 is 2.22 bits per heavy atom. The number of rotatable bonds is 4. The second-order valence-electron chi connectivity index (χ2n) is 7.18. The fraction of sp³-hybridized carbons (Fsp3) is 0.400. The lowest BCUT2D eigenvalue weighted by Gasteiger charge is -2.22.